The Morgan fingerprint density at radius 1 is 1.48 bits per heavy atom. The van der Waals surface area contributed by atoms with Gasteiger partial charge >= 0.3 is 18.4 Å². The van der Waals surface area contributed by atoms with E-state index in [1.165, 1.54) is 12.3 Å². The molecular weight excluding hydrogens is 366 g/mol. The van der Waals surface area contributed by atoms with Crippen LogP contribution in [-0.2, 0) is 13.1 Å². The number of imidazole rings is 1. The van der Waals surface area contributed by atoms with Gasteiger partial charge in [-0.2, -0.15) is 8.78 Å². The van der Waals surface area contributed by atoms with Crippen molar-refractivity contribution in [3.8, 4) is 17.5 Å². The van der Waals surface area contributed by atoms with E-state index >= 15 is 0 Å². The van der Waals surface area contributed by atoms with Gasteiger partial charge in [-0.1, -0.05) is 6.07 Å². The van der Waals surface area contributed by atoms with Crippen LogP contribution >= 0.6 is 0 Å². The topological polar surface area (TPSA) is 101 Å². The Bertz CT molecular complexity index is 814. The minimum atomic E-state index is -2.93. The maximum absolute atomic E-state index is 12.5. The zero-order valence-electron chi connectivity index (χ0n) is 14.4. The fourth-order valence-corrected chi connectivity index (χ4v) is 2.69. The molecule has 1 atom stereocenters. The third-order valence-corrected chi connectivity index (χ3v) is 3.86. The minimum absolute atomic E-state index is 0.0213. The lowest BCUT2D eigenvalue weighted by Crippen LogP contribution is -2.41. The summed E-state index contributed by atoms with van der Waals surface area (Å²) in [7, 11) is 0. The van der Waals surface area contributed by atoms with E-state index in [1.807, 2.05) is 0 Å². The lowest BCUT2D eigenvalue weighted by Gasteiger charge is -2.23. The number of hydrogen-bond acceptors (Lipinski definition) is 7. The van der Waals surface area contributed by atoms with Gasteiger partial charge in [0.1, 0.15) is 12.8 Å². The van der Waals surface area contributed by atoms with Gasteiger partial charge in [0, 0.05) is 18.1 Å². The predicted octanol–water partition coefficient (Wildman–Crippen LogP) is 2.34. The quantitative estimate of drug-likeness (QED) is 0.551. The number of rotatable bonds is 8. The molecule has 9 nitrogen and oxygen atoms in total. The number of nitrogens with one attached hydrogen (secondary N) is 1. The van der Waals surface area contributed by atoms with Crippen molar-refractivity contribution in [1.29, 1.82) is 0 Å². The molecule has 2 heterocycles. The smallest absolute Gasteiger partial charge is 0.414 e. The zero-order chi connectivity index (χ0) is 19.4. The van der Waals surface area contributed by atoms with Crippen LogP contribution in [0.2, 0.25) is 0 Å². The molecule has 0 saturated carbocycles. The molecule has 0 spiro atoms. The summed E-state index contributed by atoms with van der Waals surface area (Å²) in [6.45, 7) is 0.323. The molecule has 0 amide bonds. The molecule has 1 aliphatic heterocycles. The van der Waals surface area contributed by atoms with Crippen LogP contribution in [0, 0.1) is 10.1 Å². The summed E-state index contributed by atoms with van der Waals surface area (Å²) in [6, 6.07) is 4.84. The van der Waals surface area contributed by atoms with E-state index < -0.39 is 11.5 Å². The van der Waals surface area contributed by atoms with Crippen molar-refractivity contribution < 1.29 is 27.9 Å². The number of fused-ring (bicyclic) bond motifs is 1. The monoisotopic (exact) mass is 384 g/mol. The number of nitrogens with zero attached hydrogens (tertiary/aromatic N) is 3. The fraction of sp³-hybridized carbons (Fsp3) is 0.438. The number of nitro groups is 1. The molecule has 3 rings (SSSR count). The van der Waals surface area contributed by atoms with E-state index in [2.05, 4.69) is 15.0 Å². The third-order valence-electron chi connectivity index (χ3n) is 3.86. The standard InChI is InChI=1S/C16H18F2N4O5/c1-2-25-13-5-10(3-4-12(13)27-15(17)18)6-19-11-7-21-8-14(22(23)24)20-16(21)26-9-11/h3-5,8,11,15,19H,2,6-7,9H2,1H3/t11-/m0/s1. The lowest BCUT2D eigenvalue weighted by atomic mass is 10.2. The van der Waals surface area contributed by atoms with Crippen LogP contribution in [0.4, 0.5) is 14.6 Å². The van der Waals surface area contributed by atoms with Gasteiger partial charge in [-0.3, -0.25) is 4.57 Å². The normalized spacial score (nSPS) is 15.9. The van der Waals surface area contributed by atoms with Crippen LogP contribution in [0.5, 0.6) is 17.5 Å². The first-order chi connectivity index (χ1) is 13.0. The van der Waals surface area contributed by atoms with E-state index in [0.717, 1.165) is 5.56 Å². The SMILES string of the molecule is CCOc1cc(CN[C@@H]2COc3nc([N+](=O)[O-])cn3C2)ccc1OC(F)F. The summed E-state index contributed by atoms with van der Waals surface area (Å²) < 4.78 is 41.7. The molecule has 11 heteroatoms. The highest BCUT2D eigenvalue weighted by Crippen LogP contribution is 2.30. The molecule has 1 aromatic heterocycles. The molecule has 27 heavy (non-hydrogen) atoms. The van der Waals surface area contributed by atoms with Crippen LogP contribution < -0.4 is 19.5 Å². The number of ether oxygens (including phenoxy) is 3. The lowest BCUT2D eigenvalue weighted by molar-refractivity contribution is -0.389. The van der Waals surface area contributed by atoms with Crippen LogP contribution in [0.25, 0.3) is 0 Å². The molecule has 0 fully saturated rings. The van der Waals surface area contributed by atoms with E-state index in [4.69, 9.17) is 9.47 Å². The molecule has 146 valence electrons. The number of aromatic nitrogens is 2. The average Bonchev–Trinajstić information content (AvgIpc) is 3.05. The largest absolute Gasteiger partial charge is 0.490 e. The Morgan fingerprint density at radius 2 is 2.30 bits per heavy atom. The summed E-state index contributed by atoms with van der Waals surface area (Å²) >= 11 is 0. The Hall–Kier alpha value is -2.95. The highest BCUT2D eigenvalue weighted by atomic mass is 19.3. The van der Waals surface area contributed by atoms with Gasteiger partial charge in [0.25, 0.3) is 0 Å². The molecule has 0 unspecified atom stereocenters. The van der Waals surface area contributed by atoms with Crippen LogP contribution in [0.3, 0.4) is 0 Å². The maximum atomic E-state index is 12.5. The van der Waals surface area contributed by atoms with Crippen molar-refractivity contribution in [1.82, 2.24) is 14.9 Å². The Balaban J connectivity index is 1.62. The minimum Gasteiger partial charge on any atom is -0.490 e. The molecule has 2 aromatic rings. The van der Waals surface area contributed by atoms with Gasteiger partial charge in [0.15, 0.2) is 11.5 Å². The summed E-state index contributed by atoms with van der Waals surface area (Å²) in [6.07, 6.45) is 1.33. The van der Waals surface area contributed by atoms with Crippen LogP contribution in [-0.4, -0.2) is 40.3 Å². The molecule has 1 aliphatic rings. The van der Waals surface area contributed by atoms with Crippen molar-refractivity contribution in [2.45, 2.75) is 32.7 Å². The average molecular weight is 384 g/mol. The van der Waals surface area contributed by atoms with Crippen molar-refractivity contribution in [2.24, 2.45) is 0 Å². The van der Waals surface area contributed by atoms with Gasteiger partial charge in [-0.05, 0) is 29.5 Å². The maximum Gasteiger partial charge on any atom is 0.414 e. The molecular formula is C16H18F2N4O5. The summed E-state index contributed by atoms with van der Waals surface area (Å²) in [4.78, 5) is 14.0. The second kappa shape index (κ2) is 8.16. The Labute approximate surface area is 153 Å². The van der Waals surface area contributed by atoms with Crippen molar-refractivity contribution in [3.05, 3.63) is 40.1 Å². The first-order valence-electron chi connectivity index (χ1n) is 8.24. The van der Waals surface area contributed by atoms with E-state index in [1.54, 1.807) is 23.6 Å². The molecule has 0 saturated heterocycles. The first-order valence-corrected chi connectivity index (χ1v) is 8.24. The van der Waals surface area contributed by atoms with Gasteiger partial charge in [0.05, 0.1) is 12.6 Å². The number of hydrogen-bond donors (Lipinski definition) is 1. The number of alkyl halides is 2. The summed E-state index contributed by atoms with van der Waals surface area (Å²) in [5.41, 5.74) is 0.808. The van der Waals surface area contributed by atoms with Crippen LogP contribution in [0.15, 0.2) is 24.4 Å². The highest BCUT2D eigenvalue weighted by molar-refractivity contribution is 5.43. The second-order valence-electron chi connectivity index (χ2n) is 5.77. The zero-order valence-corrected chi connectivity index (χ0v) is 14.4. The molecule has 0 radical (unpaired) electrons. The second-order valence-corrected chi connectivity index (χ2v) is 5.77. The van der Waals surface area contributed by atoms with Crippen molar-refractivity contribution in [2.75, 3.05) is 13.2 Å². The van der Waals surface area contributed by atoms with Crippen molar-refractivity contribution >= 4 is 5.82 Å². The Kier molecular flexibility index (Phi) is 5.69. The summed E-state index contributed by atoms with van der Waals surface area (Å²) in [5.74, 6) is -0.0434. The number of benzene rings is 1. The summed E-state index contributed by atoms with van der Waals surface area (Å²) in [5, 5.41) is 14.0. The highest BCUT2D eigenvalue weighted by Gasteiger charge is 2.27. The van der Waals surface area contributed by atoms with E-state index in [9.17, 15) is 18.9 Å². The van der Waals surface area contributed by atoms with E-state index in [0.29, 0.717) is 26.3 Å². The molecule has 0 bridgehead atoms. The molecule has 0 aliphatic carbocycles. The van der Waals surface area contributed by atoms with Gasteiger partial charge < -0.3 is 29.6 Å². The molecule has 1 aromatic carbocycles. The first kappa shape index (κ1) is 18.8. The van der Waals surface area contributed by atoms with Gasteiger partial charge in [-0.25, -0.2) is 0 Å². The van der Waals surface area contributed by atoms with Crippen LogP contribution in [0.1, 0.15) is 12.5 Å². The third kappa shape index (κ3) is 4.61. The van der Waals surface area contributed by atoms with Crippen molar-refractivity contribution in [3.63, 3.8) is 0 Å². The van der Waals surface area contributed by atoms with Gasteiger partial charge in [0.2, 0.25) is 0 Å². The number of halogens is 2. The fourth-order valence-electron chi connectivity index (χ4n) is 2.69. The molecule has 1 N–H and O–H groups in total. The Morgan fingerprint density at radius 3 is 3.00 bits per heavy atom. The van der Waals surface area contributed by atoms with E-state index in [-0.39, 0.29) is 29.4 Å². The van der Waals surface area contributed by atoms with Gasteiger partial charge in [-0.15, -0.1) is 0 Å². The predicted molar refractivity (Wildman–Crippen MR) is 89.2 cm³/mol.